The second-order valence-corrected chi connectivity index (χ2v) is 8.49. The molecule has 1 aliphatic heterocycles. The Morgan fingerprint density at radius 2 is 1.97 bits per heavy atom. The molecule has 1 aliphatic carbocycles. The molecule has 0 amide bonds. The smallest absolute Gasteiger partial charge is 0.180 e. The van der Waals surface area contributed by atoms with Crippen LogP contribution in [0.5, 0.6) is 0 Å². The second kappa shape index (κ2) is 6.89. The number of rotatable bonds is 4. The van der Waals surface area contributed by atoms with Gasteiger partial charge in [-0.15, -0.1) is 0 Å². The first-order valence-electron chi connectivity index (χ1n) is 11.0. The maximum absolute atomic E-state index is 5.51. The van der Waals surface area contributed by atoms with Crippen molar-refractivity contribution in [2.75, 3.05) is 31.2 Å². The van der Waals surface area contributed by atoms with Gasteiger partial charge in [-0.05, 0) is 36.6 Å². The molecule has 1 saturated heterocycles. The van der Waals surface area contributed by atoms with Crippen LogP contribution in [0.1, 0.15) is 18.9 Å². The summed E-state index contributed by atoms with van der Waals surface area (Å²) in [5.74, 6) is 0.713. The van der Waals surface area contributed by atoms with Gasteiger partial charge in [0, 0.05) is 36.4 Å². The molecule has 9 nitrogen and oxygen atoms in total. The zero-order valence-electron chi connectivity index (χ0n) is 17.5. The Morgan fingerprint density at radius 1 is 1.06 bits per heavy atom. The Labute approximate surface area is 183 Å². The summed E-state index contributed by atoms with van der Waals surface area (Å²) in [6.07, 6.45) is 8.34. The summed E-state index contributed by atoms with van der Waals surface area (Å²) in [5, 5.41) is 13.3. The average molecular weight is 426 g/mol. The molecule has 1 aromatic carbocycles. The molecule has 4 aromatic heterocycles. The van der Waals surface area contributed by atoms with E-state index in [1.165, 1.54) is 12.8 Å². The highest BCUT2D eigenvalue weighted by Gasteiger charge is 2.24. The number of anilines is 1. The summed E-state index contributed by atoms with van der Waals surface area (Å²) in [5.41, 5.74) is 6.74. The zero-order valence-corrected chi connectivity index (χ0v) is 17.5. The van der Waals surface area contributed by atoms with Crippen molar-refractivity contribution in [3.05, 3.63) is 42.9 Å². The van der Waals surface area contributed by atoms with Crippen molar-refractivity contribution in [3.8, 4) is 22.6 Å². The average Bonchev–Trinajstić information content (AvgIpc) is 3.24. The molecule has 160 valence electrons. The molecule has 2 N–H and O–H groups in total. The lowest BCUT2D eigenvalue weighted by Crippen LogP contribution is -2.36. The molecule has 0 radical (unpaired) electrons. The molecule has 9 heteroatoms. The van der Waals surface area contributed by atoms with E-state index in [0.717, 1.165) is 65.2 Å². The fraction of sp³-hybridized carbons (Fsp3) is 0.304. The molecule has 2 fully saturated rings. The van der Waals surface area contributed by atoms with Crippen LogP contribution in [0.4, 0.5) is 5.69 Å². The first-order valence-corrected chi connectivity index (χ1v) is 11.0. The first kappa shape index (κ1) is 17.9. The minimum atomic E-state index is 0.570. The Hall–Kier alpha value is -3.72. The van der Waals surface area contributed by atoms with Crippen LogP contribution in [0.3, 0.4) is 0 Å². The fourth-order valence-electron chi connectivity index (χ4n) is 4.48. The van der Waals surface area contributed by atoms with Crippen LogP contribution in [-0.2, 0) is 4.74 Å². The number of pyridine rings is 1. The van der Waals surface area contributed by atoms with E-state index in [-0.39, 0.29) is 0 Å². The molecule has 32 heavy (non-hydrogen) atoms. The van der Waals surface area contributed by atoms with Crippen molar-refractivity contribution in [1.29, 1.82) is 0 Å². The molecular weight excluding hydrogens is 404 g/mol. The van der Waals surface area contributed by atoms with Gasteiger partial charge < -0.3 is 14.6 Å². The van der Waals surface area contributed by atoms with Crippen molar-refractivity contribution < 1.29 is 4.74 Å². The van der Waals surface area contributed by atoms with Gasteiger partial charge in [-0.25, -0.2) is 9.97 Å². The van der Waals surface area contributed by atoms with Crippen molar-refractivity contribution in [2.45, 2.75) is 18.9 Å². The van der Waals surface area contributed by atoms with Gasteiger partial charge in [-0.1, -0.05) is 6.07 Å². The van der Waals surface area contributed by atoms with Crippen LogP contribution in [0.15, 0.2) is 42.9 Å². The standard InChI is InChI=1S/C23H22N8O/c1-4-18-17(11-14(1)15-12-25-31(13-15)16-2-3-16)20(29-28-18)23-26-21-19(5-6-24-22(21)27-23)30-7-9-32-10-8-30/h1,4-6,11-13,16H,2-3,7-10H2,(H,28,29)(H,24,26,27). The number of aromatic nitrogens is 7. The van der Waals surface area contributed by atoms with Gasteiger partial charge in [-0.3, -0.25) is 9.78 Å². The molecule has 1 saturated carbocycles. The van der Waals surface area contributed by atoms with E-state index < -0.39 is 0 Å². The number of benzene rings is 1. The lowest BCUT2D eigenvalue weighted by atomic mass is 10.1. The normalized spacial score (nSPS) is 16.9. The molecular formula is C23H22N8O. The minimum Gasteiger partial charge on any atom is -0.378 e. The molecule has 2 aliphatic rings. The van der Waals surface area contributed by atoms with E-state index in [1.54, 1.807) is 0 Å². The number of nitrogens with zero attached hydrogens (tertiary/aromatic N) is 6. The molecule has 7 rings (SSSR count). The number of hydrogen-bond donors (Lipinski definition) is 2. The first-order chi connectivity index (χ1) is 15.8. The van der Waals surface area contributed by atoms with Gasteiger partial charge in [0.1, 0.15) is 11.2 Å². The van der Waals surface area contributed by atoms with E-state index in [4.69, 9.17) is 9.72 Å². The summed E-state index contributed by atoms with van der Waals surface area (Å²) in [7, 11) is 0. The van der Waals surface area contributed by atoms with Crippen LogP contribution in [-0.4, -0.2) is 61.2 Å². The maximum atomic E-state index is 5.51. The number of ether oxygens (including phenoxy) is 1. The highest BCUT2D eigenvalue weighted by atomic mass is 16.5. The number of nitrogens with one attached hydrogen (secondary N) is 2. The summed E-state index contributed by atoms with van der Waals surface area (Å²) in [6.45, 7) is 3.18. The fourth-order valence-corrected chi connectivity index (χ4v) is 4.48. The monoisotopic (exact) mass is 426 g/mol. The summed E-state index contributed by atoms with van der Waals surface area (Å²) in [4.78, 5) is 15.1. The van der Waals surface area contributed by atoms with Crippen LogP contribution >= 0.6 is 0 Å². The zero-order chi connectivity index (χ0) is 21.1. The highest BCUT2D eigenvalue weighted by molar-refractivity contribution is 5.96. The number of morpholine rings is 1. The van der Waals surface area contributed by atoms with Crippen molar-refractivity contribution in [2.24, 2.45) is 0 Å². The Balaban J connectivity index is 1.31. The predicted octanol–water partition coefficient (Wildman–Crippen LogP) is 3.54. The quantitative estimate of drug-likeness (QED) is 0.456. The SMILES string of the molecule is c1cc(N2CCOCC2)c2[nH]c(-c3n[nH]c4ccc(-c5cnn(C6CC6)c5)cc34)nc2n1. The largest absolute Gasteiger partial charge is 0.378 e. The molecule has 0 atom stereocenters. The lowest BCUT2D eigenvalue weighted by molar-refractivity contribution is 0.123. The topological polar surface area (TPSA) is 101 Å². The van der Waals surface area contributed by atoms with E-state index in [0.29, 0.717) is 17.5 Å². The van der Waals surface area contributed by atoms with Crippen LogP contribution in [0.2, 0.25) is 0 Å². The minimum absolute atomic E-state index is 0.570. The van der Waals surface area contributed by atoms with Gasteiger partial charge >= 0.3 is 0 Å². The predicted molar refractivity (Wildman–Crippen MR) is 122 cm³/mol. The lowest BCUT2D eigenvalue weighted by Gasteiger charge is -2.28. The Morgan fingerprint density at radius 3 is 2.84 bits per heavy atom. The third kappa shape index (κ3) is 2.89. The summed E-state index contributed by atoms with van der Waals surface area (Å²) >= 11 is 0. The van der Waals surface area contributed by atoms with Gasteiger partial charge in [-0.2, -0.15) is 10.2 Å². The number of hydrogen-bond acceptors (Lipinski definition) is 6. The molecule has 0 bridgehead atoms. The number of aromatic amines is 2. The van der Waals surface area contributed by atoms with Gasteiger partial charge in [0.15, 0.2) is 11.5 Å². The van der Waals surface area contributed by atoms with E-state index in [1.807, 2.05) is 18.5 Å². The van der Waals surface area contributed by atoms with Crippen LogP contribution < -0.4 is 4.90 Å². The molecule has 5 heterocycles. The van der Waals surface area contributed by atoms with Crippen LogP contribution in [0.25, 0.3) is 44.7 Å². The molecule has 0 spiro atoms. The number of fused-ring (bicyclic) bond motifs is 2. The van der Waals surface area contributed by atoms with E-state index >= 15 is 0 Å². The van der Waals surface area contributed by atoms with Gasteiger partial charge in [0.2, 0.25) is 0 Å². The third-order valence-electron chi connectivity index (χ3n) is 6.36. The number of H-pyrrole nitrogens is 2. The summed E-state index contributed by atoms with van der Waals surface area (Å²) in [6, 6.07) is 8.94. The van der Waals surface area contributed by atoms with Crippen LogP contribution in [0, 0.1) is 0 Å². The van der Waals surface area contributed by atoms with Crippen molar-refractivity contribution in [1.82, 2.24) is 34.9 Å². The molecule has 0 unspecified atom stereocenters. The maximum Gasteiger partial charge on any atom is 0.180 e. The Bertz CT molecular complexity index is 1440. The van der Waals surface area contributed by atoms with E-state index in [9.17, 15) is 0 Å². The van der Waals surface area contributed by atoms with Crippen molar-refractivity contribution in [3.63, 3.8) is 0 Å². The molecule has 5 aromatic rings. The van der Waals surface area contributed by atoms with Gasteiger partial charge in [0.05, 0.1) is 36.7 Å². The summed E-state index contributed by atoms with van der Waals surface area (Å²) < 4.78 is 7.59. The Kier molecular flexibility index (Phi) is 3.86. The van der Waals surface area contributed by atoms with E-state index in [2.05, 4.69) is 59.2 Å². The third-order valence-corrected chi connectivity index (χ3v) is 6.36. The highest BCUT2D eigenvalue weighted by Crippen LogP contribution is 2.36. The second-order valence-electron chi connectivity index (χ2n) is 8.49. The van der Waals surface area contributed by atoms with Crippen molar-refractivity contribution >= 4 is 27.8 Å². The van der Waals surface area contributed by atoms with Gasteiger partial charge in [0.25, 0.3) is 0 Å². The number of imidazole rings is 1.